The summed E-state index contributed by atoms with van der Waals surface area (Å²) in [6, 6.07) is 10.7. The van der Waals surface area contributed by atoms with Crippen LogP contribution in [0.1, 0.15) is 30.6 Å². The Kier molecular flexibility index (Phi) is 7.36. The summed E-state index contributed by atoms with van der Waals surface area (Å²) in [5, 5.41) is 2.87. The summed E-state index contributed by atoms with van der Waals surface area (Å²) in [7, 11) is 1.60. The smallest absolute Gasteiger partial charge is 0.255 e. The molecule has 0 aliphatic heterocycles. The maximum atomic E-state index is 12.6. The molecule has 0 aromatic heterocycles. The number of carbonyl (C=O) groups is 1. The largest absolute Gasteiger partial charge is 0.497 e. The molecule has 2 aromatic rings. The molecule has 0 radical (unpaired) electrons. The molecule has 0 saturated carbocycles. The number of amides is 1. The van der Waals surface area contributed by atoms with E-state index in [-0.39, 0.29) is 5.91 Å². The van der Waals surface area contributed by atoms with E-state index in [1.165, 1.54) is 0 Å². The van der Waals surface area contributed by atoms with Crippen molar-refractivity contribution in [2.75, 3.05) is 25.6 Å². The first-order valence-electron chi connectivity index (χ1n) is 8.13. The highest BCUT2D eigenvalue weighted by Gasteiger charge is 2.16. The van der Waals surface area contributed by atoms with E-state index in [2.05, 4.69) is 27.9 Å². The van der Waals surface area contributed by atoms with Gasteiger partial charge >= 0.3 is 0 Å². The fourth-order valence-corrected chi connectivity index (χ4v) is 2.94. The lowest BCUT2D eigenvalue weighted by Crippen LogP contribution is -2.13. The zero-order chi connectivity index (χ0) is 18.2. The normalized spacial score (nSPS) is 10.2. The molecule has 0 spiro atoms. The Morgan fingerprint density at radius 3 is 2.44 bits per heavy atom. The third kappa shape index (κ3) is 5.26. The minimum atomic E-state index is -0.203. The van der Waals surface area contributed by atoms with Gasteiger partial charge in [-0.25, -0.2) is 0 Å². The fourth-order valence-electron chi connectivity index (χ4n) is 2.18. The second-order valence-corrected chi connectivity index (χ2v) is 6.41. The molecule has 0 saturated heterocycles. The van der Waals surface area contributed by atoms with Gasteiger partial charge in [-0.2, -0.15) is 0 Å². The lowest BCUT2D eigenvalue weighted by atomic mass is 10.1. The number of hydrogen-bond acceptors (Lipinski definition) is 4. The molecule has 0 heterocycles. The zero-order valence-corrected chi connectivity index (χ0v) is 16.8. The van der Waals surface area contributed by atoms with Gasteiger partial charge in [-0.15, -0.1) is 0 Å². The number of anilines is 1. The number of halogens is 1. The predicted octanol–water partition coefficient (Wildman–Crippen LogP) is 4.74. The van der Waals surface area contributed by atoms with E-state index in [1.807, 2.05) is 13.8 Å². The number of hydrogen-bond donors (Lipinski definition) is 1. The lowest BCUT2D eigenvalue weighted by molar-refractivity contribution is 0.102. The van der Waals surface area contributed by atoms with E-state index in [4.69, 9.17) is 14.2 Å². The van der Waals surface area contributed by atoms with E-state index < -0.39 is 0 Å². The van der Waals surface area contributed by atoms with E-state index in [1.54, 1.807) is 43.5 Å². The molecular formula is C19H22INO4. The maximum Gasteiger partial charge on any atom is 0.255 e. The summed E-state index contributed by atoms with van der Waals surface area (Å²) in [4.78, 5) is 12.6. The third-order valence-corrected chi connectivity index (χ3v) is 4.17. The van der Waals surface area contributed by atoms with Crippen molar-refractivity contribution >= 4 is 34.2 Å². The Bertz CT molecular complexity index is 716. The van der Waals surface area contributed by atoms with Crippen LogP contribution in [-0.4, -0.2) is 26.2 Å². The molecule has 25 heavy (non-hydrogen) atoms. The van der Waals surface area contributed by atoms with Crippen LogP contribution in [0.3, 0.4) is 0 Å². The second-order valence-electron chi connectivity index (χ2n) is 5.25. The minimum absolute atomic E-state index is 0.203. The van der Waals surface area contributed by atoms with Gasteiger partial charge in [0.05, 0.1) is 23.9 Å². The summed E-state index contributed by atoms with van der Waals surface area (Å²) in [5.41, 5.74) is 1.22. The molecule has 134 valence electrons. The average Bonchev–Trinajstić information content (AvgIpc) is 2.61. The van der Waals surface area contributed by atoms with Crippen LogP contribution in [0.4, 0.5) is 5.69 Å². The highest BCUT2D eigenvalue weighted by atomic mass is 127. The van der Waals surface area contributed by atoms with Crippen molar-refractivity contribution in [1.29, 1.82) is 0 Å². The van der Waals surface area contributed by atoms with E-state index in [0.717, 1.165) is 15.7 Å². The van der Waals surface area contributed by atoms with Crippen molar-refractivity contribution < 1.29 is 19.0 Å². The SMILES string of the molecule is CCCOc1c(I)cc(C(=O)Nc2ccc(OC)cc2)cc1OCC. The van der Waals surface area contributed by atoms with Gasteiger partial charge in [0.2, 0.25) is 0 Å². The molecular weight excluding hydrogens is 433 g/mol. The molecule has 6 heteroatoms. The summed E-state index contributed by atoms with van der Waals surface area (Å²) < 4.78 is 17.4. The van der Waals surface area contributed by atoms with Crippen LogP contribution >= 0.6 is 22.6 Å². The van der Waals surface area contributed by atoms with Gasteiger partial charge in [-0.1, -0.05) is 6.92 Å². The topological polar surface area (TPSA) is 56.8 Å². The van der Waals surface area contributed by atoms with Crippen molar-refractivity contribution in [2.45, 2.75) is 20.3 Å². The third-order valence-electron chi connectivity index (χ3n) is 3.37. The second kappa shape index (κ2) is 9.50. The summed E-state index contributed by atoms with van der Waals surface area (Å²) in [6.07, 6.45) is 0.904. The van der Waals surface area contributed by atoms with Gasteiger partial charge in [0.25, 0.3) is 5.91 Å². The number of benzene rings is 2. The van der Waals surface area contributed by atoms with Crippen molar-refractivity contribution in [3.05, 3.63) is 45.5 Å². The molecule has 0 fully saturated rings. The number of rotatable bonds is 8. The molecule has 0 aliphatic carbocycles. The Balaban J connectivity index is 2.22. The number of methoxy groups -OCH3 is 1. The van der Waals surface area contributed by atoms with Crippen molar-refractivity contribution in [1.82, 2.24) is 0 Å². The molecule has 1 N–H and O–H groups in total. The highest BCUT2D eigenvalue weighted by Crippen LogP contribution is 2.34. The summed E-state index contributed by atoms with van der Waals surface area (Å²) in [6.45, 7) is 5.06. The Hall–Kier alpha value is -1.96. The monoisotopic (exact) mass is 455 g/mol. The van der Waals surface area contributed by atoms with Crippen molar-refractivity contribution in [3.8, 4) is 17.2 Å². The molecule has 0 aliphatic rings. The summed E-state index contributed by atoms with van der Waals surface area (Å²) in [5.74, 6) is 1.81. The van der Waals surface area contributed by atoms with Crippen LogP contribution in [0.25, 0.3) is 0 Å². The molecule has 2 aromatic carbocycles. The van der Waals surface area contributed by atoms with E-state index in [0.29, 0.717) is 36.0 Å². The van der Waals surface area contributed by atoms with Crippen molar-refractivity contribution in [3.63, 3.8) is 0 Å². The zero-order valence-electron chi connectivity index (χ0n) is 14.6. The fraction of sp³-hybridized carbons (Fsp3) is 0.316. The Morgan fingerprint density at radius 1 is 1.12 bits per heavy atom. The quantitative estimate of drug-likeness (QED) is 0.585. The molecule has 2 rings (SSSR count). The number of carbonyl (C=O) groups excluding carboxylic acids is 1. The van der Waals surface area contributed by atoms with E-state index in [9.17, 15) is 4.79 Å². The van der Waals surface area contributed by atoms with Crippen molar-refractivity contribution in [2.24, 2.45) is 0 Å². The number of nitrogens with one attached hydrogen (secondary N) is 1. The summed E-state index contributed by atoms with van der Waals surface area (Å²) >= 11 is 2.16. The minimum Gasteiger partial charge on any atom is -0.497 e. The first-order valence-corrected chi connectivity index (χ1v) is 9.21. The maximum absolute atomic E-state index is 12.6. The van der Waals surface area contributed by atoms with E-state index >= 15 is 0 Å². The first kappa shape index (κ1) is 19.4. The van der Waals surface area contributed by atoms with Crippen LogP contribution < -0.4 is 19.5 Å². The van der Waals surface area contributed by atoms with Crippen LogP contribution in [0.2, 0.25) is 0 Å². The standard InChI is InChI=1S/C19H22INO4/c1-4-10-25-18-16(20)11-13(12-17(18)24-5-2)19(22)21-14-6-8-15(23-3)9-7-14/h6-9,11-12H,4-5,10H2,1-3H3,(H,21,22). The van der Waals surface area contributed by atoms with Gasteiger partial charge in [-0.3, -0.25) is 4.79 Å². The molecule has 0 atom stereocenters. The van der Waals surface area contributed by atoms with Gasteiger partial charge < -0.3 is 19.5 Å². The van der Waals surface area contributed by atoms with Crippen LogP contribution in [0, 0.1) is 3.57 Å². The molecule has 0 unspecified atom stereocenters. The van der Waals surface area contributed by atoms with Gasteiger partial charge in [-0.05, 0) is 72.3 Å². The molecule has 5 nitrogen and oxygen atoms in total. The van der Waals surface area contributed by atoms with Gasteiger partial charge in [0.15, 0.2) is 11.5 Å². The average molecular weight is 455 g/mol. The van der Waals surface area contributed by atoms with Crippen LogP contribution in [0.15, 0.2) is 36.4 Å². The molecule has 1 amide bonds. The van der Waals surface area contributed by atoms with Crippen LogP contribution in [0.5, 0.6) is 17.2 Å². The molecule has 0 bridgehead atoms. The van der Waals surface area contributed by atoms with Crippen LogP contribution in [-0.2, 0) is 0 Å². The Morgan fingerprint density at radius 2 is 1.84 bits per heavy atom. The highest BCUT2D eigenvalue weighted by molar-refractivity contribution is 14.1. The number of ether oxygens (including phenoxy) is 3. The van der Waals surface area contributed by atoms with Gasteiger partial charge in [0, 0.05) is 11.3 Å². The van der Waals surface area contributed by atoms with Gasteiger partial charge in [0.1, 0.15) is 5.75 Å². The Labute approximate surface area is 161 Å². The first-order chi connectivity index (χ1) is 12.1. The lowest BCUT2D eigenvalue weighted by Gasteiger charge is -2.15. The predicted molar refractivity (Wildman–Crippen MR) is 107 cm³/mol.